The van der Waals surface area contributed by atoms with Gasteiger partial charge in [0.2, 0.25) is 0 Å². The summed E-state index contributed by atoms with van der Waals surface area (Å²) in [6.07, 6.45) is 17.2. The monoisotopic (exact) mass is 444 g/mol. The molecule has 0 bridgehead atoms. The van der Waals surface area contributed by atoms with Gasteiger partial charge < -0.3 is 9.47 Å². The van der Waals surface area contributed by atoms with Crippen molar-refractivity contribution in [3.05, 3.63) is 60.3 Å². The van der Waals surface area contributed by atoms with Gasteiger partial charge in [-0.1, -0.05) is 54.0 Å². The summed E-state index contributed by atoms with van der Waals surface area (Å²) in [4.78, 5) is 0. The van der Waals surface area contributed by atoms with Crippen molar-refractivity contribution in [1.29, 1.82) is 0 Å². The highest BCUT2D eigenvalue weighted by molar-refractivity contribution is 5.01. The molecule has 0 spiro atoms. The van der Waals surface area contributed by atoms with Crippen molar-refractivity contribution in [1.82, 2.24) is 0 Å². The molecule has 0 saturated heterocycles. The maximum Gasteiger partial charge on any atom is 0.160 e. The van der Waals surface area contributed by atoms with E-state index < -0.39 is 11.2 Å². The van der Waals surface area contributed by atoms with Gasteiger partial charge in [0, 0.05) is 6.42 Å². The molecule has 0 aliphatic rings. The molecule has 0 fully saturated rings. The largest absolute Gasteiger partial charge is 0.342 e. The molecule has 2 heteroatoms. The average Bonchev–Trinajstić information content (AvgIpc) is 2.66. The summed E-state index contributed by atoms with van der Waals surface area (Å²) >= 11 is 0. The lowest BCUT2D eigenvalue weighted by molar-refractivity contribution is -0.235. The van der Waals surface area contributed by atoms with Crippen molar-refractivity contribution >= 4 is 0 Å². The lowest BCUT2D eigenvalue weighted by atomic mass is 9.96. The maximum absolute atomic E-state index is 6.64. The van der Waals surface area contributed by atoms with Crippen LogP contribution in [0.5, 0.6) is 0 Å². The van der Waals surface area contributed by atoms with E-state index >= 15 is 0 Å². The molecule has 0 aromatic carbocycles. The Hall–Kier alpha value is -1.38. The van der Waals surface area contributed by atoms with E-state index in [9.17, 15) is 0 Å². The minimum atomic E-state index is -0.432. The van der Waals surface area contributed by atoms with Gasteiger partial charge in [0.15, 0.2) is 6.29 Å². The molecule has 0 radical (unpaired) electrons. The standard InChI is InChI=1S/C30H52O2/c1-12-29(10,21-15-18-25(5)6)31-28(23-27(9)20-14-17-24(3)4)32-30(11,13-2)22-16-19-26(7)8/h12-13,17-19,27-28H,1-2,14-16,20-23H2,3-11H3/t27-,29-,30-/m0/s1. The third kappa shape index (κ3) is 14.6. The highest BCUT2D eigenvalue weighted by atomic mass is 16.7. The second kappa shape index (κ2) is 15.5. The molecule has 0 aliphatic heterocycles. The van der Waals surface area contributed by atoms with Crippen LogP contribution in [0.1, 0.15) is 107 Å². The quantitative estimate of drug-likeness (QED) is 0.164. The Morgan fingerprint density at radius 2 is 1.09 bits per heavy atom. The smallest absolute Gasteiger partial charge is 0.160 e. The van der Waals surface area contributed by atoms with E-state index in [4.69, 9.17) is 9.47 Å². The Bertz CT molecular complexity index is 600. The molecule has 0 aromatic heterocycles. The summed E-state index contributed by atoms with van der Waals surface area (Å²) < 4.78 is 13.3. The molecule has 0 rings (SSSR count). The van der Waals surface area contributed by atoms with Crippen LogP contribution >= 0.6 is 0 Å². The predicted molar refractivity (Wildman–Crippen MR) is 143 cm³/mol. The van der Waals surface area contributed by atoms with Crippen LogP contribution in [0.15, 0.2) is 60.3 Å². The fourth-order valence-electron chi connectivity index (χ4n) is 3.54. The number of allylic oxidation sites excluding steroid dienone is 6. The first kappa shape index (κ1) is 30.6. The van der Waals surface area contributed by atoms with Crippen molar-refractivity contribution in [3.63, 3.8) is 0 Å². The molecule has 0 N–H and O–H groups in total. The zero-order valence-electron chi connectivity index (χ0n) is 22.7. The summed E-state index contributed by atoms with van der Waals surface area (Å²) in [5.74, 6) is 0.495. The zero-order valence-corrected chi connectivity index (χ0v) is 22.7. The molecule has 2 nitrogen and oxygen atoms in total. The van der Waals surface area contributed by atoms with Gasteiger partial charge in [0.25, 0.3) is 0 Å². The van der Waals surface area contributed by atoms with Crippen molar-refractivity contribution in [2.75, 3.05) is 0 Å². The molecule has 0 amide bonds. The summed E-state index contributed by atoms with van der Waals surface area (Å²) in [7, 11) is 0. The van der Waals surface area contributed by atoms with E-state index in [-0.39, 0.29) is 6.29 Å². The fraction of sp³-hybridized carbons (Fsp3) is 0.667. The molecular weight excluding hydrogens is 392 g/mol. The van der Waals surface area contributed by atoms with Crippen LogP contribution in [-0.4, -0.2) is 17.5 Å². The minimum Gasteiger partial charge on any atom is -0.342 e. The van der Waals surface area contributed by atoms with Gasteiger partial charge in [-0.25, -0.2) is 0 Å². The fourth-order valence-corrected chi connectivity index (χ4v) is 3.54. The first-order chi connectivity index (χ1) is 14.8. The summed E-state index contributed by atoms with van der Waals surface area (Å²) in [6, 6.07) is 0. The van der Waals surface area contributed by atoms with Crippen molar-refractivity contribution in [3.8, 4) is 0 Å². The number of rotatable bonds is 17. The number of hydrogen-bond donors (Lipinski definition) is 0. The predicted octanol–water partition coefficient (Wildman–Crippen LogP) is 9.50. The third-order valence-corrected chi connectivity index (χ3v) is 5.86. The molecule has 184 valence electrons. The molecule has 0 aliphatic carbocycles. The highest BCUT2D eigenvalue weighted by Gasteiger charge is 2.32. The summed E-state index contributed by atoms with van der Waals surface area (Å²) in [5, 5.41) is 0. The van der Waals surface area contributed by atoms with Crippen LogP contribution < -0.4 is 0 Å². The molecule has 32 heavy (non-hydrogen) atoms. The zero-order chi connectivity index (χ0) is 24.8. The van der Waals surface area contributed by atoms with Crippen LogP contribution in [0.3, 0.4) is 0 Å². The van der Waals surface area contributed by atoms with Crippen LogP contribution in [0.25, 0.3) is 0 Å². The Morgan fingerprint density at radius 3 is 1.44 bits per heavy atom. The summed E-state index contributed by atoms with van der Waals surface area (Å²) in [5.41, 5.74) is 3.17. The topological polar surface area (TPSA) is 18.5 Å². The van der Waals surface area contributed by atoms with Crippen LogP contribution in [0.2, 0.25) is 0 Å². The Kier molecular flexibility index (Phi) is 14.8. The van der Waals surface area contributed by atoms with E-state index in [1.165, 1.54) is 16.7 Å². The summed E-state index contributed by atoms with van der Waals surface area (Å²) in [6.45, 7) is 27.5. The average molecular weight is 445 g/mol. The van der Waals surface area contributed by atoms with Gasteiger partial charge in [-0.3, -0.25) is 0 Å². The Morgan fingerprint density at radius 1 is 0.719 bits per heavy atom. The van der Waals surface area contributed by atoms with Gasteiger partial charge in [-0.15, -0.1) is 13.2 Å². The van der Waals surface area contributed by atoms with E-state index in [2.05, 4.69) is 93.7 Å². The molecule has 0 aromatic rings. The van der Waals surface area contributed by atoms with E-state index in [0.717, 1.165) is 44.9 Å². The second-order valence-corrected chi connectivity index (χ2v) is 10.5. The minimum absolute atomic E-state index is 0.305. The van der Waals surface area contributed by atoms with Crippen molar-refractivity contribution < 1.29 is 9.47 Å². The van der Waals surface area contributed by atoms with Gasteiger partial charge in [0.1, 0.15) is 0 Å². The second-order valence-electron chi connectivity index (χ2n) is 10.5. The van der Waals surface area contributed by atoms with E-state index in [1.807, 2.05) is 12.2 Å². The number of ether oxygens (including phenoxy) is 2. The van der Waals surface area contributed by atoms with E-state index in [1.54, 1.807) is 0 Å². The van der Waals surface area contributed by atoms with Crippen LogP contribution in [0.4, 0.5) is 0 Å². The molecular formula is C30H52O2. The lowest BCUT2D eigenvalue weighted by Crippen LogP contribution is -2.40. The first-order valence-corrected chi connectivity index (χ1v) is 12.4. The normalized spacial score (nSPS) is 15.8. The highest BCUT2D eigenvalue weighted by Crippen LogP contribution is 2.31. The molecule has 3 atom stereocenters. The SMILES string of the molecule is C=C[C@@](C)(CCC=C(C)C)OC(C[C@@H](C)CCC=C(C)C)O[C@@](C)(C=C)CCC=C(C)C. The van der Waals surface area contributed by atoms with Gasteiger partial charge in [0.05, 0.1) is 11.2 Å². The Labute approximate surface area is 200 Å². The van der Waals surface area contributed by atoms with E-state index in [0.29, 0.717) is 5.92 Å². The molecule has 0 heterocycles. The molecule has 0 saturated carbocycles. The molecule has 0 unspecified atom stereocenters. The maximum atomic E-state index is 6.64. The van der Waals surface area contributed by atoms with Gasteiger partial charge in [-0.2, -0.15) is 0 Å². The lowest BCUT2D eigenvalue weighted by Gasteiger charge is -2.37. The van der Waals surface area contributed by atoms with Crippen molar-refractivity contribution in [2.45, 2.75) is 125 Å². The van der Waals surface area contributed by atoms with Gasteiger partial charge >= 0.3 is 0 Å². The number of hydrogen-bond acceptors (Lipinski definition) is 2. The van der Waals surface area contributed by atoms with Gasteiger partial charge in [-0.05, 0) is 99.8 Å². The van der Waals surface area contributed by atoms with Crippen LogP contribution in [0, 0.1) is 5.92 Å². The first-order valence-electron chi connectivity index (χ1n) is 12.4. The third-order valence-electron chi connectivity index (χ3n) is 5.86. The Balaban J connectivity index is 5.48. The van der Waals surface area contributed by atoms with Crippen LogP contribution in [-0.2, 0) is 9.47 Å². The van der Waals surface area contributed by atoms with Crippen molar-refractivity contribution in [2.24, 2.45) is 5.92 Å².